The molecule has 152 valence electrons. The summed E-state index contributed by atoms with van der Waals surface area (Å²) in [5, 5.41) is 6.42. The minimum atomic E-state index is -0.0754. The molecule has 5 heterocycles. The third kappa shape index (κ3) is 3.31. The van der Waals surface area contributed by atoms with Crippen molar-refractivity contribution < 1.29 is 9.53 Å². The molecule has 1 atom stereocenters. The second-order valence-electron chi connectivity index (χ2n) is 7.20. The summed E-state index contributed by atoms with van der Waals surface area (Å²) in [5.41, 5.74) is 9.35. The minimum Gasteiger partial charge on any atom is -0.481 e. The Labute approximate surface area is 176 Å². The van der Waals surface area contributed by atoms with Crippen LogP contribution in [0, 0.1) is 0 Å². The molecule has 5 rings (SSSR count). The number of hydrogen-bond acceptors (Lipinski definition) is 7. The standard InChI is InChI=1S/C21H20N6O2S/c1-29-19-10-13(21(28)26-6-4-14(22)12-26)9-17(24-19)15-11-23-27-7-5-16(25-20(15)27)18-3-2-8-30-18/h2-3,5,7-11,14H,4,6,12,22H2,1H3/t14-/m0/s1. The van der Waals surface area contributed by atoms with Crippen LogP contribution in [0.3, 0.4) is 0 Å². The number of carbonyl (C=O) groups excluding carboxylic acids is 1. The summed E-state index contributed by atoms with van der Waals surface area (Å²) in [7, 11) is 1.54. The van der Waals surface area contributed by atoms with Gasteiger partial charge in [-0.2, -0.15) is 5.10 Å². The molecule has 0 bridgehead atoms. The number of hydrogen-bond donors (Lipinski definition) is 1. The van der Waals surface area contributed by atoms with Gasteiger partial charge in [0.2, 0.25) is 5.88 Å². The number of nitrogens with two attached hydrogens (primary N) is 1. The van der Waals surface area contributed by atoms with Crippen molar-refractivity contribution in [3.05, 3.63) is 53.7 Å². The fourth-order valence-corrected chi connectivity index (χ4v) is 4.33. The van der Waals surface area contributed by atoms with E-state index in [1.807, 2.05) is 29.8 Å². The number of likely N-dealkylation sites (tertiary alicyclic amines) is 1. The molecule has 8 nitrogen and oxygen atoms in total. The molecule has 0 radical (unpaired) electrons. The molecule has 9 heteroatoms. The molecule has 0 spiro atoms. The van der Waals surface area contributed by atoms with Gasteiger partial charge in [-0.15, -0.1) is 11.3 Å². The van der Waals surface area contributed by atoms with Crippen molar-refractivity contribution in [2.75, 3.05) is 20.2 Å². The third-order valence-corrected chi connectivity index (χ3v) is 6.08. The Balaban J connectivity index is 1.59. The van der Waals surface area contributed by atoms with E-state index in [9.17, 15) is 4.79 Å². The molecule has 1 fully saturated rings. The number of ether oxygens (including phenoxy) is 1. The van der Waals surface area contributed by atoms with Crippen molar-refractivity contribution in [2.24, 2.45) is 5.73 Å². The van der Waals surface area contributed by atoms with E-state index in [0.29, 0.717) is 35.9 Å². The summed E-state index contributed by atoms with van der Waals surface area (Å²) in [6, 6.07) is 9.41. The Kier molecular flexibility index (Phi) is 4.68. The first kappa shape index (κ1) is 18.7. The van der Waals surface area contributed by atoms with Crippen LogP contribution in [0.2, 0.25) is 0 Å². The maximum absolute atomic E-state index is 13.0. The fraction of sp³-hybridized carbons (Fsp3) is 0.238. The van der Waals surface area contributed by atoms with Gasteiger partial charge in [-0.1, -0.05) is 6.07 Å². The van der Waals surface area contributed by atoms with Gasteiger partial charge in [-0.25, -0.2) is 14.5 Å². The summed E-state index contributed by atoms with van der Waals surface area (Å²) in [5.74, 6) is 0.293. The summed E-state index contributed by atoms with van der Waals surface area (Å²) >= 11 is 1.63. The minimum absolute atomic E-state index is 0.0247. The molecule has 2 N–H and O–H groups in total. The highest BCUT2D eigenvalue weighted by Crippen LogP contribution is 2.29. The molecule has 0 aromatic carbocycles. The average Bonchev–Trinajstić information content (AvgIpc) is 3.53. The van der Waals surface area contributed by atoms with Gasteiger partial charge in [0.25, 0.3) is 5.91 Å². The highest BCUT2D eigenvalue weighted by molar-refractivity contribution is 7.13. The van der Waals surface area contributed by atoms with Crippen molar-refractivity contribution in [1.82, 2.24) is 24.5 Å². The molecule has 0 unspecified atom stereocenters. The van der Waals surface area contributed by atoms with Gasteiger partial charge in [-0.05, 0) is 30.0 Å². The van der Waals surface area contributed by atoms with E-state index < -0.39 is 0 Å². The molecule has 1 amide bonds. The van der Waals surface area contributed by atoms with E-state index in [1.54, 1.807) is 39.1 Å². The number of rotatable bonds is 4. The highest BCUT2D eigenvalue weighted by atomic mass is 32.1. The van der Waals surface area contributed by atoms with Crippen LogP contribution in [-0.2, 0) is 0 Å². The van der Waals surface area contributed by atoms with E-state index in [-0.39, 0.29) is 11.9 Å². The van der Waals surface area contributed by atoms with Gasteiger partial charge in [0.05, 0.1) is 35.1 Å². The van der Waals surface area contributed by atoms with Crippen molar-refractivity contribution in [1.29, 1.82) is 0 Å². The highest BCUT2D eigenvalue weighted by Gasteiger charge is 2.26. The van der Waals surface area contributed by atoms with Gasteiger partial charge in [0, 0.05) is 37.0 Å². The topological polar surface area (TPSA) is 98.6 Å². The van der Waals surface area contributed by atoms with Gasteiger partial charge < -0.3 is 15.4 Å². The SMILES string of the molecule is COc1cc(C(=O)N2CC[C@H](N)C2)cc(-c2cnn3ccc(-c4cccs4)nc23)n1. The van der Waals surface area contributed by atoms with Gasteiger partial charge in [-0.3, -0.25) is 4.79 Å². The number of nitrogens with zero attached hydrogens (tertiary/aromatic N) is 5. The van der Waals surface area contributed by atoms with Crippen LogP contribution in [0.15, 0.2) is 48.1 Å². The molecular weight excluding hydrogens is 400 g/mol. The zero-order valence-electron chi connectivity index (χ0n) is 16.4. The molecule has 30 heavy (non-hydrogen) atoms. The Morgan fingerprint density at radius 3 is 2.90 bits per heavy atom. The largest absolute Gasteiger partial charge is 0.481 e. The van der Waals surface area contributed by atoms with E-state index in [2.05, 4.69) is 10.1 Å². The quantitative estimate of drug-likeness (QED) is 0.545. The van der Waals surface area contributed by atoms with Gasteiger partial charge in [0.15, 0.2) is 5.65 Å². The van der Waals surface area contributed by atoms with Crippen LogP contribution in [0.1, 0.15) is 16.8 Å². The van der Waals surface area contributed by atoms with Crippen molar-refractivity contribution in [3.8, 4) is 27.7 Å². The number of fused-ring (bicyclic) bond motifs is 1. The van der Waals surface area contributed by atoms with Crippen LogP contribution in [0.4, 0.5) is 0 Å². The lowest BCUT2D eigenvalue weighted by Crippen LogP contribution is -2.31. The van der Waals surface area contributed by atoms with E-state index in [4.69, 9.17) is 15.5 Å². The van der Waals surface area contributed by atoms with Crippen LogP contribution in [-0.4, -0.2) is 56.6 Å². The molecule has 4 aromatic heterocycles. The number of methoxy groups -OCH3 is 1. The van der Waals surface area contributed by atoms with E-state index >= 15 is 0 Å². The second kappa shape index (κ2) is 7.51. The number of carbonyl (C=O) groups is 1. The lowest BCUT2D eigenvalue weighted by Gasteiger charge is -2.16. The first-order chi connectivity index (χ1) is 14.6. The van der Waals surface area contributed by atoms with Gasteiger partial charge >= 0.3 is 0 Å². The van der Waals surface area contributed by atoms with Crippen LogP contribution < -0.4 is 10.5 Å². The van der Waals surface area contributed by atoms with E-state index in [0.717, 1.165) is 22.6 Å². The Hall–Kier alpha value is -3.30. The maximum atomic E-state index is 13.0. The predicted molar refractivity (Wildman–Crippen MR) is 115 cm³/mol. The summed E-state index contributed by atoms with van der Waals surface area (Å²) in [6.07, 6.45) is 4.39. The molecule has 1 aliphatic heterocycles. The molecule has 4 aromatic rings. The van der Waals surface area contributed by atoms with Crippen LogP contribution >= 0.6 is 11.3 Å². The summed E-state index contributed by atoms with van der Waals surface area (Å²) in [4.78, 5) is 25.2. The van der Waals surface area contributed by atoms with Crippen LogP contribution in [0.5, 0.6) is 5.88 Å². The molecule has 0 saturated carbocycles. The van der Waals surface area contributed by atoms with Gasteiger partial charge in [0.1, 0.15) is 0 Å². The van der Waals surface area contributed by atoms with Crippen molar-refractivity contribution >= 4 is 22.9 Å². The monoisotopic (exact) mass is 420 g/mol. The molecular formula is C21H20N6O2S. The smallest absolute Gasteiger partial charge is 0.254 e. The lowest BCUT2D eigenvalue weighted by atomic mass is 10.1. The normalized spacial score (nSPS) is 16.3. The zero-order valence-corrected chi connectivity index (χ0v) is 17.2. The second-order valence-corrected chi connectivity index (χ2v) is 8.15. The fourth-order valence-electron chi connectivity index (χ4n) is 3.64. The Bertz CT molecular complexity index is 1220. The zero-order chi connectivity index (χ0) is 20.7. The van der Waals surface area contributed by atoms with Crippen molar-refractivity contribution in [3.63, 3.8) is 0 Å². The van der Waals surface area contributed by atoms with Crippen LogP contribution in [0.25, 0.3) is 27.5 Å². The predicted octanol–water partition coefficient (Wildman–Crippen LogP) is 2.70. The summed E-state index contributed by atoms with van der Waals surface area (Å²) in [6.45, 7) is 1.21. The lowest BCUT2D eigenvalue weighted by molar-refractivity contribution is 0.0790. The van der Waals surface area contributed by atoms with Crippen molar-refractivity contribution in [2.45, 2.75) is 12.5 Å². The first-order valence-corrected chi connectivity index (χ1v) is 10.5. The number of amides is 1. The maximum Gasteiger partial charge on any atom is 0.254 e. The molecule has 1 saturated heterocycles. The Morgan fingerprint density at radius 1 is 1.27 bits per heavy atom. The summed E-state index contributed by atoms with van der Waals surface area (Å²) < 4.78 is 7.07. The van der Waals surface area contributed by atoms with E-state index in [1.165, 1.54) is 7.11 Å². The molecule has 0 aliphatic carbocycles. The number of pyridine rings is 1. The first-order valence-electron chi connectivity index (χ1n) is 9.62. The Morgan fingerprint density at radius 2 is 2.17 bits per heavy atom. The number of thiophene rings is 1. The number of aromatic nitrogens is 4. The average molecular weight is 420 g/mol. The molecule has 1 aliphatic rings. The third-order valence-electron chi connectivity index (χ3n) is 5.19.